The van der Waals surface area contributed by atoms with E-state index in [1.54, 1.807) is 0 Å². The third-order valence-corrected chi connectivity index (χ3v) is 5.72. The van der Waals surface area contributed by atoms with Crippen molar-refractivity contribution in [2.75, 3.05) is 13.2 Å². The molecule has 0 saturated heterocycles. The highest BCUT2D eigenvalue weighted by Gasteiger charge is 2.43. The van der Waals surface area contributed by atoms with Crippen molar-refractivity contribution in [3.05, 3.63) is 71.8 Å². The minimum absolute atomic E-state index is 0.172. The molecule has 0 spiro atoms. The van der Waals surface area contributed by atoms with E-state index in [-0.39, 0.29) is 5.92 Å². The first kappa shape index (κ1) is 24.6. The quantitative estimate of drug-likeness (QED) is 0.205. The number of unbranched alkanes of at least 4 members (excludes halogenated alkanes) is 5. The maximum absolute atomic E-state index is 6.66. The second kappa shape index (κ2) is 14.4. The van der Waals surface area contributed by atoms with Crippen LogP contribution >= 0.6 is 0 Å². The molecule has 0 bridgehead atoms. The van der Waals surface area contributed by atoms with Crippen molar-refractivity contribution >= 4 is 0 Å². The lowest BCUT2D eigenvalue weighted by Crippen LogP contribution is -2.40. The van der Waals surface area contributed by atoms with Crippen LogP contribution in [0, 0.1) is 0 Å². The third-order valence-electron chi connectivity index (χ3n) is 5.72. The van der Waals surface area contributed by atoms with E-state index in [0.717, 1.165) is 24.8 Å². The molecule has 2 aromatic carbocycles. The van der Waals surface area contributed by atoms with Crippen molar-refractivity contribution < 1.29 is 9.47 Å². The molecule has 2 heteroatoms. The van der Waals surface area contributed by atoms with E-state index in [9.17, 15) is 0 Å². The molecule has 1 atom stereocenters. The third kappa shape index (κ3) is 7.25. The van der Waals surface area contributed by atoms with Gasteiger partial charge in [-0.3, -0.25) is 0 Å². The first-order valence-corrected chi connectivity index (χ1v) is 12.2. The van der Waals surface area contributed by atoms with Crippen molar-refractivity contribution in [3.63, 3.8) is 0 Å². The van der Waals surface area contributed by atoms with Crippen LogP contribution in [0.4, 0.5) is 0 Å². The summed E-state index contributed by atoms with van der Waals surface area (Å²) < 4.78 is 13.3. The highest BCUT2D eigenvalue weighted by atomic mass is 16.7. The standard InChI is InChI=1S/C28H42O2/c1-4-7-8-9-10-17-22-27(25-18-13-11-14-19-25)28(29-23-5-2,30-24-6-3)26-20-15-12-16-21-26/h11-16,18-21,27H,4-10,17,22-24H2,1-3H3. The molecular formula is C28H42O2. The van der Waals surface area contributed by atoms with Gasteiger partial charge in [-0.2, -0.15) is 0 Å². The summed E-state index contributed by atoms with van der Waals surface area (Å²) in [7, 11) is 0. The molecule has 1 unspecified atom stereocenters. The van der Waals surface area contributed by atoms with Gasteiger partial charge in [0, 0.05) is 11.5 Å². The minimum atomic E-state index is -0.738. The lowest BCUT2D eigenvalue weighted by atomic mass is 9.81. The van der Waals surface area contributed by atoms with Crippen LogP contribution in [0.2, 0.25) is 0 Å². The largest absolute Gasteiger partial charge is 0.345 e. The molecule has 0 aliphatic rings. The van der Waals surface area contributed by atoms with E-state index in [0.29, 0.717) is 13.2 Å². The molecule has 166 valence electrons. The normalized spacial score (nSPS) is 12.8. The van der Waals surface area contributed by atoms with E-state index in [4.69, 9.17) is 9.47 Å². The van der Waals surface area contributed by atoms with Gasteiger partial charge in [-0.05, 0) is 24.8 Å². The highest BCUT2D eigenvalue weighted by Crippen LogP contribution is 2.45. The van der Waals surface area contributed by atoms with Gasteiger partial charge in [0.1, 0.15) is 0 Å². The molecule has 0 radical (unpaired) electrons. The Bertz CT molecular complexity index is 645. The van der Waals surface area contributed by atoms with Crippen LogP contribution in [-0.4, -0.2) is 13.2 Å². The average molecular weight is 411 g/mol. The average Bonchev–Trinajstić information content (AvgIpc) is 2.81. The molecule has 0 aliphatic heterocycles. The molecule has 0 N–H and O–H groups in total. The Labute approximate surface area is 185 Å². The maximum Gasteiger partial charge on any atom is 0.201 e. The predicted molar refractivity (Wildman–Crippen MR) is 128 cm³/mol. The van der Waals surface area contributed by atoms with E-state index < -0.39 is 5.79 Å². The maximum atomic E-state index is 6.66. The van der Waals surface area contributed by atoms with Gasteiger partial charge in [-0.25, -0.2) is 0 Å². The van der Waals surface area contributed by atoms with Crippen LogP contribution in [-0.2, 0) is 15.3 Å². The summed E-state index contributed by atoms with van der Waals surface area (Å²) >= 11 is 0. The van der Waals surface area contributed by atoms with Crippen molar-refractivity contribution in [2.45, 2.75) is 90.3 Å². The Balaban J connectivity index is 2.36. The van der Waals surface area contributed by atoms with Crippen LogP contribution in [0.5, 0.6) is 0 Å². The number of hydrogen-bond acceptors (Lipinski definition) is 2. The van der Waals surface area contributed by atoms with Crippen molar-refractivity contribution in [2.24, 2.45) is 0 Å². The second-order valence-electron chi connectivity index (χ2n) is 8.25. The van der Waals surface area contributed by atoms with Gasteiger partial charge in [0.15, 0.2) is 0 Å². The smallest absolute Gasteiger partial charge is 0.201 e. The van der Waals surface area contributed by atoms with E-state index in [1.165, 1.54) is 44.1 Å². The zero-order valence-electron chi connectivity index (χ0n) is 19.4. The highest BCUT2D eigenvalue weighted by molar-refractivity contribution is 5.30. The first-order valence-electron chi connectivity index (χ1n) is 12.2. The molecule has 0 saturated carbocycles. The summed E-state index contributed by atoms with van der Waals surface area (Å²) in [5.74, 6) is -0.566. The molecule has 0 aliphatic carbocycles. The Morgan fingerprint density at radius 1 is 0.633 bits per heavy atom. The number of ether oxygens (including phenoxy) is 2. The fourth-order valence-electron chi connectivity index (χ4n) is 4.18. The number of rotatable bonds is 16. The Hall–Kier alpha value is -1.64. The van der Waals surface area contributed by atoms with E-state index in [2.05, 4.69) is 81.4 Å². The molecule has 0 aromatic heterocycles. The van der Waals surface area contributed by atoms with Gasteiger partial charge in [-0.15, -0.1) is 0 Å². The van der Waals surface area contributed by atoms with Crippen molar-refractivity contribution in [1.29, 1.82) is 0 Å². The van der Waals surface area contributed by atoms with Gasteiger partial charge < -0.3 is 9.47 Å². The summed E-state index contributed by atoms with van der Waals surface area (Å²) in [6, 6.07) is 21.5. The molecule has 30 heavy (non-hydrogen) atoms. The zero-order valence-corrected chi connectivity index (χ0v) is 19.4. The molecule has 0 amide bonds. The topological polar surface area (TPSA) is 18.5 Å². The number of benzene rings is 2. The van der Waals surface area contributed by atoms with Crippen LogP contribution < -0.4 is 0 Å². The molecule has 0 heterocycles. The molecule has 0 fully saturated rings. The second-order valence-corrected chi connectivity index (χ2v) is 8.25. The van der Waals surface area contributed by atoms with Gasteiger partial charge in [0.2, 0.25) is 5.79 Å². The summed E-state index contributed by atoms with van der Waals surface area (Å²) in [5.41, 5.74) is 2.44. The van der Waals surface area contributed by atoms with Gasteiger partial charge >= 0.3 is 0 Å². The fourth-order valence-corrected chi connectivity index (χ4v) is 4.18. The minimum Gasteiger partial charge on any atom is -0.345 e. The zero-order chi connectivity index (χ0) is 21.5. The lowest BCUT2D eigenvalue weighted by molar-refractivity contribution is -0.263. The van der Waals surface area contributed by atoms with Gasteiger partial charge in [0.05, 0.1) is 13.2 Å². The monoisotopic (exact) mass is 410 g/mol. The first-order chi connectivity index (χ1) is 14.8. The van der Waals surface area contributed by atoms with Crippen LogP contribution in [0.25, 0.3) is 0 Å². The molecule has 2 rings (SSSR count). The summed E-state index contributed by atoms with van der Waals surface area (Å²) in [6.07, 6.45) is 10.8. The van der Waals surface area contributed by atoms with Crippen molar-refractivity contribution in [1.82, 2.24) is 0 Å². The Morgan fingerprint density at radius 2 is 1.17 bits per heavy atom. The number of hydrogen-bond donors (Lipinski definition) is 0. The summed E-state index contributed by atoms with van der Waals surface area (Å²) in [6.45, 7) is 7.99. The van der Waals surface area contributed by atoms with Crippen LogP contribution in [0.15, 0.2) is 60.7 Å². The summed E-state index contributed by atoms with van der Waals surface area (Å²) in [5, 5.41) is 0. The summed E-state index contributed by atoms with van der Waals surface area (Å²) in [4.78, 5) is 0. The SMILES string of the molecule is CCCCCCCCC(c1ccccc1)C(OCCC)(OCCC)c1ccccc1. The molecular weight excluding hydrogens is 368 g/mol. The molecule has 2 nitrogen and oxygen atoms in total. The van der Waals surface area contributed by atoms with Gasteiger partial charge in [-0.1, -0.05) is 120 Å². The Kier molecular flexibility index (Phi) is 11.8. The fraction of sp³-hybridized carbons (Fsp3) is 0.571. The van der Waals surface area contributed by atoms with Crippen LogP contribution in [0.1, 0.15) is 95.6 Å². The van der Waals surface area contributed by atoms with Crippen molar-refractivity contribution in [3.8, 4) is 0 Å². The van der Waals surface area contributed by atoms with E-state index in [1.807, 2.05) is 0 Å². The predicted octanol–water partition coefficient (Wildman–Crippen LogP) is 8.23. The molecule has 2 aromatic rings. The van der Waals surface area contributed by atoms with Gasteiger partial charge in [0.25, 0.3) is 0 Å². The lowest BCUT2D eigenvalue weighted by Gasteiger charge is -2.41. The van der Waals surface area contributed by atoms with Crippen LogP contribution in [0.3, 0.4) is 0 Å². The Morgan fingerprint density at radius 3 is 1.73 bits per heavy atom. The van der Waals surface area contributed by atoms with E-state index >= 15 is 0 Å².